The summed E-state index contributed by atoms with van der Waals surface area (Å²) in [7, 11) is 0. The number of benzene rings is 2. The summed E-state index contributed by atoms with van der Waals surface area (Å²) in [6, 6.07) is 11.1. The lowest BCUT2D eigenvalue weighted by Crippen LogP contribution is -2.38. The Balaban J connectivity index is 0.00000341. The third-order valence-corrected chi connectivity index (χ3v) is 6.67. The van der Waals surface area contributed by atoms with Gasteiger partial charge >= 0.3 is 0 Å². The number of aromatic nitrogens is 1. The predicted molar refractivity (Wildman–Crippen MR) is 132 cm³/mol. The van der Waals surface area contributed by atoms with Crippen molar-refractivity contribution in [1.29, 1.82) is 0 Å². The van der Waals surface area contributed by atoms with Gasteiger partial charge in [-0.1, -0.05) is 43.4 Å². The lowest BCUT2D eigenvalue weighted by Gasteiger charge is -2.24. The van der Waals surface area contributed by atoms with Gasteiger partial charge in [0, 0.05) is 24.2 Å². The number of nitrogens with zero attached hydrogens (tertiary/aromatic N) is 3. The molecule has 0 spiro atoms. The Labute approximate surface area is 194 Å². The monoisotopic (exact) mass is 459 g/mol. The molecule has 3 aromatic rings. The summed E-state index contributed by atoms with van der Waals surface area (Å²) in [5.74, 6) is -0.102. The van der Waals surface area contributed by atoms with E-state index in [0.717, 1.165) is 35.4 Å². The maximum Gasteiger partial charge on any atom is 0.260 e. The van der Waals surface area contributed by atoms with E-state index < -0.39 is 0 Å². The van der Waals surface area contributed by atoms with Gasteiger partial charge < -0.3 is 4.90 Å². The molecule has 0 fully saturated rings. The second kappa shape index (κ2) is 10.8. The molecule has 0 saturated heterocycles. The number of fused-ring (bicyclic) bond motifs is 1. The van der Waals surface area contributed by atoms with Crippen LogP contribution in [-0.4, -0.2) is 47.8 Å². The first kappa shape index (κ1) is 25.0. The zero-order valence-electron chi connectivity index (χ0n) is 18.8. The summed E-state index contributed by atoms with van der Waals surface area (Å²) in [4.78, 5) is 33.9. The molecular weight excluding hydrogens is 430 g/mol. The third-order valence-electron chi connectivity index (χ3n) is 5.62. The van der Waals surface area contributed by atoms with Crippen molar-refractivity contribution in [3.8, 4) is 0 Å². The molecule has 7 heteroatoms. The van der Waals surface area contributed by atoms with Crippen molar-refractivity contribution in [2.45, 2.75) is 34.6 Å². The number of rotatable bonds is 8. The second-order valence-electron chi connectivity index (χ2n) is 7.47. The minimum absolute atomic E-state index is 0. The highest BCUT2D eigenvalue weighted by molar-refractivity contribution is 7.22. The van der Waals surface area contributed by atoms with Crippen LogP contribution in [0.25, 0.3) is 10.2 Å². The first-order valence-electron chi connectivity index (χ1n) is 10.4. The molecule has 5 nitrogen and oxygen atoms in total. The fourth-order valence-electron chi connectivity index (χ4n) is 3.40. The van der Waals surface area contributed by atoms with Crippen molar-refractivity contribution in [3.63, 3.8) is 0 Å². The molecule has 1 heterocycles. The van der Waals surface area contributed by atoms with Crippen molar-refractivity contribution in [2.24, 2.45) is 0 Å². The van der Waals surface area contributed by atoms with Gasteiger partial charge in [-0.25, -0.2) is 4.98 Å². The van der Waals surface area contributed by atoms with Crippen LogP contribution in [0, 0.1) is 13.8 Å². The summed E-state index contributed by atoms with van der Waals surface area (Å²) in [6.45, 7) is 13.1. The standard InChI is InChI=1S/C24H29N3O2S.ClH/c1-6-26(7-2)14-15-27(23(29)20-11-9-19(10-12-20)18(5)28)24-25-22-17(4)16(3)8-13-21(22)30-24;/h8-13H,6-7,14-15H2,1-5H3;1H. The van der Waals surface area contributed by atoms with Crippen molar-refractivity contribution in [3.05, 3.63) is 58.7 Å². The average Bonchev–Trinajstić information content (AvgIpc) is 3.18. The van der Waals surface area contributed by atoms with E-state index in [2.05, 4.69) is 44.7 Å². The maximum atomic E-state index is 13.4. The normalized spacial score (nSPS) is 10.9. The average molecular weight is 460 g/mol. The van der Waals surface area contributed by atoms with E-state index in [1.807, 2.05) is 0 Å². The van der Waals surface area contributed by atoms with Gasteiger partial charge in [-0.05, 0) is 63.2 Å². The number of anilines is 1. The van der Waals surface area contributed by atoms with Gasteiger partial charge in [0.2, 0.25) is 0 Å². The number of Topliss-reactive ketones (excluding diaryl/α,β-unsaturated/α-hetero) is 1. The second-order valence-corrected chi connectivity index (χ2v) is 8.48. The zero-order chi connectivity index (χ0) is 21.8. The summed E-state index contributed by atoms with van der Waals surface area (Å²) in [5.41, 5.74) is 4.47. The molecule has 0 radical (unpaired) electrons. The molecular formula is C24H30ClN3O2S. The van der Waals surface area contributed by atoms with Crippen molar-refractivity contribution in [2.75, 3.05) is 31.1 Å². The van der Waals surface area contributed by atoms with Gasteiger partial charge in [-0.2, -0.15) is 0 Å². The van der Waals surface area contributed by atoms with E-state index in [1.165, 1.54) is 12.5 Å². The van der Waals surface area contributed by atoms with Gasteiger partial charge in [0.05, 0.1) is 10.2 Å². The number of carbonyl (C=O) groups is 2. The Kier molecular flexibility index (Phi) is 8.74. The van der Waals surface area contributed by atoms with E-state index >= 15 is 0 Å². The summed E-state index contributed by atoms with van der Waals surface area (Å²) in [5, 5.41) is 0.714. The van der Waals surface area contributed by atoms with Gasteiger partial charge in [-0.15, -0.1) is 12.4 Å². The lowest BCUT2D eigenvalue weighted by atomic mass is 10.1. The molecule has 2 aromatic carbocycles. The first-order chi connectivity index (χ1) is 14.3. The van der Waals surface area contributed by atoms with E-state index in [9.17, 15) is 9.59 Å². The van der Waals surface area contributed by atoms with Gasteiger partial charge in [0.25, 0.3) is 5.91 Å². The van der Waals surface area contributed by atoms with E-state index in [0.29, 0.717) is 22.8 Å². The van der Waals surface area contributed by atoms with Gasteiger partial charge in [-0.3, -0.25) is 14.5 Å². The summed E-state index contributed by atoms with van der Waals surface area (Å²) < 4.78 is 1.08. The molecule has 0 aliphatic heterocycles. The molecule has 0 unspecified atom stereocenters. The molecule has 0 saturated carbocycles. The van der Waals surface area contributed by atoms with Crippen molar-refractivity contribution in [1.82, 2.24) is 9.88 Å². The van der Waals surface area contributed by atoms with Crippen LogP contribution in [-0.2, 0) is 0 Å². The molecule has 0 bridgehead atoms. The Morgan fingerprint density at radius 1 is 0.935 bits per heavy atom. The highest BCUT2D eigenvalue weighted by Gasteiger charge is 2.22. The highest BCUT2D eigenvalue weighted by Crippen LogP contribution is 2.32. The van der Waals surface area contributed by atoms with Crippen LogP contribution < -0.4 is 4.90 Å². The molecule has 0 aliphatic carbocycles. The van der Waals surface area contributed by atoms with Gasteiger partial charge in [0.15, 0.2) is 10.9 Å². The molecule has 0 aliphatic rings. The van der Waals surface area contributed by atoms with Crippen LogP contribution in [0.2, 0.25) is 0 Å². The summed E-state index contributed by atoms with van der Waals surface area (Å²) >= 11 is 1.55. The number of halogens is 1. The largest absolute Gasteiger partial charge is 0.302 e. The molecule has 166 valence electrons. The Morgan fingerprint density at radius 3 is 2.13 bits per heavy atom. The topological polar surface area (TPSA) is 53.5 Å². The van der Waals surface area contributed by atoms with Crippen LogP contribution in [0.15, 0.2) is 36.4 Å². The van der Waals surface area contributed by atoms with E-state index in [1.54, 1.807) is 40.5 Å². The summed E-state index contributed by atoms with van der Waals surface area (Å²) in [6.07, 6.45) is 0. The molecule has 0 N–H and O–H groups in total. The Hall–Kier alpha value is -2.28. The molecule has 31 heavy (non-hydrogen) atoms. The first-order valence-corrected chi connectivity index (χ1v) is 11.2. The smallest absolute Gasteiger partial charge is 0.260 e. The van der Waals surface area contributed by atoms with Crippen LogP contribution in [0.1, 0.15) is 52.6 Å². The molecule has 3 rings (SSSR count). The van der Waals surface area contributed by atoms with Gasteiger partial charge in [0.1, 0.15) is 0 Å². The fraction of sp³-hybridized carbons (Fsp3) is 0.375. The number of amides is 1. The predicted octanol–water partition coefficient (Wildman–Crippen LogP) is 5.53. The van der Waals surface area contributed by atoms with Crippen LogP contribution in [0.5, 0.6) is 0 Å². The number of carbonyl (C=O) groups excluding carboxylic acids is 2. The number of hydrogen-bond acceptors (Lipinski definition) is 5. The zero-order valence-corrected chi connectivity index (χ0v) is 20.4. The minimum atomic E-state index is -0.0920. The van der Waals surface area contributed by atoms with E-state index in [4.69, 9.17) is 4.98 Å². The van der Waals surface area contributed by atoms with Crippen molar-refractivity contribution >= 4 is 50.8 Å². The Morgan fingerprint density at radius 2 is 1.55 bits per heavy atom. The number of ketones is 1. The van der Waals surface area contributed by atoms with Crippen LogP contribution in [0.4, 0.5) is 5.13 Å². The quantitative estimate of drug-likeness (QED) is 0.416. The lowest BCUT2D eigenvalue weighted by molar-refractivity contribution is 0.0980. The molecule has 1 amide bonds. The van der Waals surface area contributed by atoms with E-state index in [-0.39, 0.29) is 24.1 Å². The number of aryl methyl sites for hydroxylation is 2. The number of thiazole rings is 1. The Bertz CT molecular complexity index is 1060. The van der Waals surface area contributed by atoms with Crippen molar-refractivity contribution < 1.29 is 9.59 Å². The number of hydrogen-bond donors (Lipinski definition) is 0. The van der Waals surface area contributed by atoms with Crippen LogP contribution >= 0.6 is 23.7 Å². The maximum absolute atomic E-state index is 13.4. The molecule has 0 atom stereocenters. The molecule has 1 aromatic heterocycles. The van der Waals surface area contributed by atoms with Crippen LogP contribution in [0.3, 0.4) is 0 Å². The minimum Gasteiger partial charge on any atom is -0.302 e. The highest BCUT2D eigenvalue weighted by atomic mass is 35.5. The fourth-order valence-corrected chi connectivity index (χ4v) is 4.45. The SMILES string of the molecule is CCN(CC)CCN(C(=O)c1ccc(C(C)=O)cc1)c1nc2c(C)c(C)ccc2s1.Cl. The third kappa shape index (κ3) is 5.50. The number of likely N-dealkylation sites (N-methyl/N-ethyl adjacent to an activating group) is 1.